The quantitative estimate of drug-likeness (QED) is 0.221. The molecule has 44 heavy (non-hydrogen) atoms. The first kappa shape index (κ1) is 27.2. The molecule has 0 fully saturated rings. The van der Waals surface area contributed by atoms with Crippen molar-refractivity contribution >= 4 is 39.2 Å². The van der Waals surface area contributed by atoms with Gasteiger partial charge in [0.25, 0.3) is 5.56 Å². The smallest absolute Gasteiger partial charge is 0.263 e. The number of H-pyrrole nitrogens is 1. The summed E-state index contributed by atoms with van der Waals surface area (Å²) in [6.07, 6.45) is 2.91. The van der Waals surface area contributed by atoms with Crippen molar-refractivity contribution in [1.29, 1.82) is 0 Å². The Hall–Kier alpha value is -5.61. The van der Waals surface area contributed by atoms with Crippen molar-refractivity contribution in [1.82, 2.24) is 29.7 Å². The molecule has 0 bridgehead atoms. The van der Waals surface area contributed by atoms with Gasteiger partial charge in [0.05, 0.1) is 22.1 Å². The fraction of sp³-hybridized carbons (Fsp3) is 0.0909. The zero-order valence-corrected chi connectivity index (χ0v) is 24.3. The lowest BCUT2D eigenvalue weighted by atomic mass is 9.97. The van der Waals surface area contributed by atoms with Crippen LogP contribution in [0.3, 0.4) is 0 Å². The summed E-state index contributed by atoms with van der Waals surface area (Å²) < 4.78 is 6.74. The zero-order valence-electron chi connectivity index (χ0n) is 23.6. The Bertz CT molecular complexity index is 2290. The molecule has 4 heterocycles. The molecule has 0 radical (unpaired) electrons. The van der Waals surface area contributed by atoms with E-state index in [9.17, 15) is 9.59 Å². The standard InChI is InChI=1S/C33H24ClN7O3/c1-18(38-32-27-25(42)15-16-35-31(27)36-17-37-32)29-28(34)24-10-6-9-23(26(24)33(43)41(29)22-7-4-3-5-8-22)20-11-13-21(14-12-20)30-39-19(2)44-40-30/h3-18H,1-2H3,(H2,35,36,37,38,42)/t18-/m0/s1. The Labute approximate surface area is 255 Å². The third-order valence-electron chi connectivity index (χ3n) is 7.49. The van der Waals surface area contributed by atoms with Crippen molar-refractivity contribution in [2.45, 2.75) is 19.9 Å². The van der Waals surface area contributed by atoms with Gasteiger partial charge in [0, 0.05) is 35.8 Å². The van der Waals surface area contributed by atoms with E-state index in [1.165, 1.54) is 18.6 Å². The van der Waals surface area contributed by atoms with Crippen LogP contribution in [0.5, 0.6) is 0 Å². The van der Waals surface area contributed by atoms with Crippen LogP contribution in [0.4, 0.5) is 5.82 Å². The number of halogens is 1. The van der Waals surface area contributed by atoms with Crippen molar-refractivity contribution < 1.29 is 4.52 Å². The van der Waals surface area contributed by atoms with Crippen LogP contribution in [-0.2, 0) is 0 Å². The van der Waals surface area contributed by atoms with Gasteiger partial charge in [-0.15, -0.1) is 0 Å². The van der Waals surface area contributed by atoms with Crippen molar-refractivity contribution in [3.63, 3.8) is 0 Å². The minimum absolute atomic E-state index is 0.232. The highest BCUT2D eigenvalue weighted by molar-refractivity contribution is 6.36. The molecule has 216 valence electrons. The van der Waals surface area contributed by atoms with Gasteiger partial charge in [0.1, 0.15) is 23.2 Å². The third-order valence-corrected chi connectivity index (χ3v) is 7.89. The molecular formula is C33H24ClN7O3. The number of para-hydroxylation sites is 1. The summed E-state index contributed by atoms with van der Waals surface area (Å²) in [5.74, 6) is 1.30. The maximum absolute atomic E-state index is 14.6. The molecule has 3 aromatic carbocycles. The zero-order chi connectivity index (χ0) is 30.4. The van der Waals surface area contributed by atoms with Gasteiger partial charge in [-0.25, -0.2) is 9.97 Å². The number of nitrogens with one attached hydrogen (secondary N) is 2. The minimum atomic E-state index is -0.543. The lowest BCUT2D eigenvalue weighted by Crippen LogP contribution is -2.27. The molecule has 1 atom stereocenters. The second kappa shape index (κ2) is 10.9. The van der Waals surface area contributed by atoms with Gasteiger partial charge in [-0.2, -0.15) is 4.98 Å². The summed E-state index contributed by atoms with van der Waals surface area (Å²) in [5, 5.41) is 9.11. The van der Waals surface area contributed by atoms with Crippen LogP contribution in [0.25, 0.3) is 50.0 Å². The summed E-state index contributed by atoms with van der Waals surface area (Å²) in [7, 11) is 0. The Morgan fingerprint density at radius 3 is 2.43 bits per heavy atom. The summed E-state index contributed by atoms with van der Waals surface area (Å²) in [6, 6.07) is 23.5. The van der Waals surface area contributed by atoms with Crippen molar-refractivity contribution in [2.75, 3.05) is 5.32 Å². The highest BCUT2D eigenvalue weighted by Gasteiger charge is 2.24. The lowest BCUT2D eigenvalue weighted by molar-refractivity contribution is 0.394. The number of hydrogen-bond acceptors (Lipinski definition) is 8. The maximum atomic E-state index is 14.6. The van der Waals surface area contributed by atoms with Gasteiger partial charge >= 0.3 is 0 Å². The Balaban J connectivity index is 1.42. The molecule has 4 aromatic heterocycles. The molecule has 0 aliphatic rings. The summed E-state index contributed by atoms with van der Waals surface area (Å²) in [6.45, 7) is 3.61. The van der Waals surface area contributed by atoms with Crippen molar-refractivity contribution in [2.24, 2.45) is 0 Å². The van der Waals surface area contributed by atoms with E-state index in [0.717, 1.165) is 16.7 Å². The van der Waals surface area contributed by atoms with Gasteiger partial charge in [-0.1, -0.05) is 77.4 Å². The predicted molar refractivity (Wildman–Crippen MR) is 170 cm³/mol. The molecule has 0 aliphatic heterocycles. The average Bonchev–Trinajstić information content (AvgIpc) is 3.49. The first-order chi connectivity index (χ1) is 21.4. The molecule has 0 saturated carbocycles. The van der Waals surface area contributed by atoms with Gasteiger partial charge < -0.3 is 14.8 Å². The van der Waals surface area contributed by atoms with Crippen molar-refractivity contribution in [3.05, 3.63) is 129 Å². The van der Waals surface area contributed by atoms with E-state index in [0.29, 0.717) is 55.7 Å². The molecule has 0 saturated heterocycles. The fourth-order valence-corrected chi connectivity index (χ4v) is 5.89. The number of hydrogen-bond donors (Lipinski definition) is 2. The second-order valence-electron chi connectivity index (χ2n) is 10.3. The molecule has 7 rings (SSSR count). The second-order valence-corrected chi connectivity index (χ2v) is 10.6. The number of anilines is 1. The molecular weight excluding hydrogens is 578 g/mol. The Morgan fingerprint density at radius 1 is 0.909 bits per heavy atom. The van der Waals surface area contributed by atoms with E-state index in [4.69, 9.17) is 16.1 Å². The van der Waals surface area contributed by atoms with Crippen LogP contribution in [0.15, 0.2) is 105 Å². The molecule has 11 heteroatoms. The van der Waals surface area contributed by atoms with E-state index in [1.807, 2.05) is 79.7 Å². The normalized spacial score (nSPS) is 12.1. The molecule has 10 nitrogen and oxygen atoms in total. The van der Waals surface area contributed by atoms with E-state index < -0.39 is 6.04 Å². The topological polar surface area (TPSA) is 132 Å². The van der Waals surface area contributed by atoms with Gasteiger partial charge in [0.2, 0.25) is 11.7 Å². The van der Waals surface area contributed by atoms with Crippen LogP contribution in [-0.4, -0.2) is 29.7 Å². The SMILES string of the molecule is Cc1nc(-c2ccc(-c3cccc4c(Cl)c([C@H](C)Nc5ncnc6[nH]ccc(=O)c56)n(-c5ccccc5)c(=O)c34)cc2)no1. The summed E-state index contributed by atoms with van der Waals surface area (Å²) >= 11 is 7.22. The van der Waals surface area contributed by atoms with E-state index in [1.54, 1.807) is 11.5 Å². The Morgan fingerprint density at radius 2 is 1.68 bits per heavy atom. The first-order valence-electron chi connectivity index (χ1n) is 13.8. The highest BCUT2D eigenvalue weighted by Crippen LogP contribution is 2.37. The Kier molecular flexibility index (Phi) is 6.75. The molecule has 0 aliphatic carbocycles. The van der Waals surface area contributed by atoms with Crippen LogP contribution >= 0.6 is 11.6 Å². The van der Waals surface area contributed by atoms with Gasteiger partial charge in [0.15, 0.2) is 5.43 Å². The number of benzene rings is 3. The van der Waals surface area contributed by atoms with Gasteiger partial charge in [-0.05, 0) is 30.2 Å². The average molecular weight is 602 g/mol. The number of aromatic amines is 1. The van der Waals surface area contributed by atoms with Gasteiger partial charge in [-0.3, -0.25) is 14.2 Å². The van der Waals surface area contributed by atoms with Crippen molar-refractivity contribution in [3.8, 4) is 28.2 Å². The van der Waals surface area contributed by atoms with E-state index in [2.05, 4.69) is 30.4 Å². The van der Waals surface area contributed by atoms with E-state index in [-0.39, 0.29) is 11.0 Å². The fourth-order valence-electron chi connectivity index (χ4n) is 5.49. The predicted octanol–water partition coefficient (Wildman–Crippen LogP) is 6.47. The molecule has 0 amide bonds. The van der Waals surface area contributed by atoms with Crippen LogP contribution in [0.1, 0.15) is 24.6 Å². The number of aromatic nitrogens is 6. The third kappa shape index (κ3) is 4.61. The summed E-state index contributed by atoms with van der Waals surface area (Å²) in [5.41, 5.74) is 3.46. The first-order valence-corrected chi connectivity index (χ1v) is 14.2. The molecule has 0 spiro atoms. The molecule has 2 N–H and O–H groups in total. The molecule has 0 unspecified atom stereocenters. The van der Waals surface area contributed by atoms with E-state index >= 15 is 0 Å². The maximum Gasteiger partial charge on any atom is 0.263 e. The number of pyridine rings is 2. The summed E-state index contributed by atoms with van der Waals surface area (Å²) in [4.78, 5) is 43.1. The number of aryl methyl sites for hydroxylation is 1. The lowest BCUT2D eigenvalue weighted by Gasteiger charge is -2.24. The number of rotatable bonds is 6. The van der Waals surface area contributed by atoms with Crippen LogP contribution in [0.2, 0.25) is 5.02 Å². The highest BCUT2D eigenvalue weighted by atomic mass is 35.5. The number of fused-ring (bicyclic) bond motifs is 2. The largest absolute Gasteiger partial charge is 0.361 e. The minimum Gasteiger partial charge on any atom is -0.361 e. The number of nitrogens with zero attached hydrogens (tertiary/aromatic N) is 5. The van der Waals surface area contributed by atoms with Crippen LogP contribution in [0, 0.1) is 6.92 Å². The monoisotopic (exact) mass is 601 g/mol. The molecule has 7 aromatic rings. The van der Waals surface area contributed by atoms with Crippen LogP contribution < -0.4 is 16.3 Å².